The van der Waals surface area contributed by atoms with E-state index in [-0.39, 0.29) is 5.91 Å². The smallest absolute Gasteiger partial charge is 0.254 e. The molecule has 2 aromatic rings. The Morgan fingerprint density at radius 3 is 2.86 bits per heavy atom. The standard InChI is InChI=1S/C21H28N4O3/c1-2-24-9-8-22-19(24)14-23-10-13-28-21(15-23)16-25(11-12-27-17-21)20(26)18-6-4-3-5-7-18/h3-9H,2,10-17H2,1H3. The van der Waals surface area contributed by atoms with Crippen LogP contribution in [0.5, 0.6) is 0 Å². The van der Waals surface area contributed by atoms with Gasteiger partial charge < -0.3 is 18.9 Å². The lowest BCUT2D eigenvalue weighted by molar-refractivity contribution is -0.141. The molecule has 0 N–H and O–H groups in total. The molecule has 1 atom stereocenters. The van der Waals surface area contributed by atoms with Crippen molar-refractivity contribution in [3.05, 3.63) is 54.1 Å². The highest BCUT2D eigenvalue weighted by Crippen LogP contribution is 2.24. The Morgan fingerprint density at radius 2 is 2.04 bits per heavy atom. The fourth-order valence-corrected chi connectivity index (χ4v) is 4.06. The lowest BCUT2D eigenvalue weighted by atomic mass is 10.0. The zero-order valence-corrected chi connectivity index (χ0v) is 16.4. The summed E-state index contributed by atoms with van der Waals surface area (Å²) in [5.74, 6) is 1.10. The van der Waals surface area contributed by atoms with E-state index < -0.39 is 5.60 Å². The Balaban J connectivity index is 1.48. The zero-order chi connectivity index (χ0) is 19.4. The highest BCUT2D eigenvalue weighted by molar-refractivity contribution is 5.94. The molecule has 2 aliphatic rings. The third-order valence-corrected chi connectivity index (χ3v) is 5.49. The van der Waals surface area contributed by atoms with Crippen molar-refractivity contribution < 1.29 is 14.3 Å². The van der Waals surface area contributed by atoms with Crippen LogP contribution in [0, 0.1) is 0 Å². The fourth-order valence-electron chi connectivity index (χ4n) is 4.06. The molecule has 1 unspecified atom stereocenters. The van der Waals surface area contributed by atoms with E-state index in [9.17, 15) is 4.79 Å². The van der Waals surface area contributed by atoms with E-state index in [4.69, 9.17) is 9.47 Å². The van der Waals surface area contributed by atoms with Gasteiger partial charge in [0.05, 0.1) is 32.9 Å². The molecule has 1 spiro atoms. The third kappa shape index (κ3) is 4.11. The molecule has 2 aliphatic heterocycles. The number of ether oxygens (including phenoxy) is 2. The number of amides is 1. The largest absolute Gasteiger partial charge is 0.376 e. The second-order valence-corrected chi connectivity index (χ2v) is 7.52. The van der Waals surface area contributed by atoms with Crippen molar-refractivity contribution in [2.24, 2.45) is 0 Å². The van der Waals surface area contributed by atoms with E-state index in [1.165, 1.54) is 0 Å². The molecule has 150 valence electrons. The summed E-state index contributed by atoms with van der Waals surface area (Å²) < 4.78 is 14.3. The number of aromatic nitrogens is 2. The summed E-state index contributed by atoms with van der Waals surface area (Å²) in [6, 6.07) is 9.43. The van der Waals surface area contributed by atoms with Gasteiger partial charge in [-0.15, -0.1) is 0 Å². The minimum absolute atomic E-state index is 0.0349. The van der Waals surface area contributed by atoms with Crippen molar-refractivity contribution in [3.8, 4) is 0 Å². The van der Waals surface area contributed by atoms with Gasteiger partial charge in [0.15, 0.2) is 0 Å². The molecule has 7 heteroatoms. The van der Waals surface area contributed by atoms with Crippen molar-refractivity contribution in [1.29, 1.82) is 0 Å². The first kappa shape index (κ1) is 19.1. The molecular weight excluding hydrogens is 356 g/mol. The van der Waals surface area contributed by atoms with Gasteiger partial charge in [0.25, 0.3) is 5.91 Å². The molecule has 0 aliphatic carbocycles. The Hall–Kier alpha value is -2.22. The molecule has 1 aromatic carbocycles. The van der Waals surface area contributed by atoms with Gasteiger partial charge in [-0.3, -0.25) is 9.69 Å². The first-order valence-corrected chi connectivity index (χ1v) is 9.97. The number of nitrogens with zero attached hydrogens (tertiary/aromatic N) is 4. The molecule has 1 amide bonds. The van der Waals surface area contributed by atoms with E-state index in [0.29, 0.717) is 38.5 Å². The van der Waals surface area contributed by atoms with Crippen LogP contribution in [-0.2, 0) is 22.6 Å². The van der Waals surface area contributed by atoms with Gasteiger partial charge in [-0.05, 0) is 19.1 Å². The number of aryl methyl sites for hydroxylation is 1. The number of rotatable bonds is 4. The van der Waals surface area contributed by atoms with Crippen LogP contribution in [0.25, 0.3) is 0 Å². The molecular formula is C21H28N4O3. The molecule has 2 fully saturated rings. The van der Waals surface area contributed by atoms with Crippen LogP contribution < -0.4 is 0 Å². The Labute approximate surface area is 165 Å². The first-order valence-electron chi connectivity index (χ1n) is 9.97. The van der Waals surface area contributed by atoms with E-state index in [2.05, 4.69) is 21.4 Å². The van der Waals surface area contributed by atoms with Crippen molar-refractivity contribution in [3.63, 3.8) is 0 Å². The highest BCUT2D eigenvalue weighted by Gasteiger charge is 2.41. The molecule has 0 bridgehead atoms. The Morgan fingerprint density at radius 1 is 1.18 bits per heavy atom. The van der Waals surface area contributed by atoms with Crippen molar-refractivity contribution in [2.75, 3.05) is 46.0 Å². The summed E-state index contributed by atoms with van der Waals surface area (Å²) in [6.45, 7) is 8.17. The fraction of sp³-hybridized carbons (Fsp3) is 0.524. The first-order chi connectivity index (χ1) is 13.7. The van der Waals surface area contributed by atoms with E-state index in [1.807, 2.05) is 47.6 Å². The number of benzene rings is 1. The topological polar surface area (TPSA) is 59.8 Å². The predicted molar refractivity (Wildman–Crippen MR) is 105 cm³/mol. The molecule has 0 saturated carbocycles. The number of morpholine rings is 1. The number of carbonyl (C=O) groups is 1. The van der Waals surface area contributed by atoms with Crippen LogP contribution in [0.2, 0.25) is 0 Å². The molecule has 7 nitrogen and oxygen atoms in total. The average Bonchev–Trinajstić information content (AvgIpc) is 3.08. The van der Waals surface area contributed by atoms with Crippen LogP contribution in [0.3, 0.4) is 0 Å². The third-order valence-electron chi connectivity index (χ3n) is 5.49. The zero-order valence-electron chi connectivity index (χ0n) is 16.4. The number of hydrogen-bond donors (Lipinski definition) is 0. The maximum Gasteiger partial charge on any atom is 0.254 e. The van der Waals surface area contributed by atoms with Crippen LogP contribution in [0.15, 0.2) is 42.7 Å². The maximum absolute atomic E-state index is 13.0. The van der Waals surface area contributed by atoms with Crippen molar-refractivity contribution >= 4 is 5.91 Å². The molecule has 28 heavy (non-hydrogen) atoms. The van der Waals surface area contributed by atoms with Crippen molar-refractivity contribution in [1.82, 2.24) is 19.4 Å². The van der Waals surface area contributed by atoms with Gasteiger partial charge in [-0.25, -0.2) is 4.98 Å². The normalized spacial score (nSPS) is 23.7. The molecule has 4 rings (SSSR count). The van der Waals surface area contributed by atoms with Gasteiger partial charge in [-0.1, -0.05) is 18.2 Å². The second kappa shape index (κ2) is 8.43. The predicted octanol–water partition coefficient (Wildman–Crippen LogP) is 1.65. The lowest BCUT2D eigenvalue weighted by Gasteiger charge is -2.43. The summed E-state index contributed by atoms with van der Waals surface area (Å²) >= 11 is 0. The quantitative estimate of drug-likeness (QED) is 0.802. The minimum Gasteiger partial charge on any atom is -0.376 e. The SMILES string of the molecule is CCn1ccnc1CN1CCOC2(COCCN(C(=O)c3ccccc3)C2)C1. The Bertz CT molecular complexity index is 794. The van der Waals surface area contributed by atoms with Crippen LogP contribution in [-0.4, -0.2) is 76.9 Å². The summed E-state index contributed by atoms with van der Waals surface area (Å²) in [6.07, 6.45) is 3.87. The molecule has 3 heterocycles. The van der Waals surface area contributed by atoms with Crippen LogP contribution in [0.1, 0.15) is 23.1 Å². The lowest BCUT2D eigenvalue weighted by Crippen LogP contribution is -2.59. The van der Waals surface area contributed by atoms with Gasteiger partial charge >= 0.3 is 0 Å². The summed E-state index contributed by atoms with van der Waals surface area (Å²) in [7, 11) is 0. The van der Waals surface area contributed by atoms with E-state index in [1.54, 1.807) is 0 Å². The number of hydrogen-bond acceptors (Lipinski definition) is 5. The maximum atomic E-state index is 13.0. The van der Waals surface area contributed by atoms with Gasteiger partial charge in [-0.2, -0.15) is 0 Å². The monoisotopic (exact) mass is 384 g/mol. The second-order valence-electron chi connectivity index (χ2n) is 7.52. The summed E-state index contributed by atoms with van der Waals surface area (Å²) in [5, 5.41) is 0. The molecule has 0 radical (unpaired) electrons. The van der Waals surface area contributed by atoms with Gasteiger partial charge in [0.2, 0.25) is 0 Å². The van der Waals surface area contributed by atoms with Crippen LogP contribution >= 0.6 is 0 Å². The molecule has 1 aromatic heterocycles. The van der Waals surface area contributed by atoms with E-state index in [0.717, 1.165) is 32.0 Å². The Kier molecular flexibility index (Phi) is 5.75. The van der Waals surface area contributed by atoms with Gasteiger partial charge in [0.1, 0.15) is 11.4 Å². The van der Waals surface area contributed by atoms with Crippen molar-refractivity contribution in [2.45, 2.75) is 25.6 Å². The van der Waals surface area contributed by atoms with Gasteiger partial charge in [0, 0.05) is 44.1 Å². The molecule has 2 saturated heterocycles. The summed E-state index contributed by atoms with van der Waals surface area (Å²) in [5.41, 5.74) is 0.209. The minimum atomic E-state index is -0.497. The van der Waals surface area contributed by atoms with Crippen LogP contribution in [0.4, 0.5) is 0 Å². The summed E-state index contributed by atoms with van der Waals surface area (Å²) in [4.78, 5) is 21.7. The van der Waals surface area contributed by atoms with E-state index >= 15 is 0 Å². The average molecular weight is 384 g/mol. The number of carbonyl (C=O) groups excluding carboxylic acids is 1. The highest BCUT2D eigenvalue weighted by atomic mass is 16.5. The number of imidazole rings is 1.